The van der Waals surface area contributed by atoms with Gasteiger partial charge in [-0.15, -0.1) is 0 Å². The van der Waals surface area contributed by atoms with Crippen molar-refractivity contribution in [2.24, 2.45) is 0 Å². The number of carbonyl (C=O) groups excluding carboxylic acids is 1. The number of carbonyl (C=O) groups is 1. The Balaban J connectivity index is 1.49. The van der Waals surface area contributed by atoms with E-state index in [1.54, 1.807) is 24.3 Å². The number of Topliss-reactive ketones (excluding diaryl/α,β-unsaturated/α-hetero) is 1. The second-order valence-corrected chi connectivity index (χ2v) is 10.7. The third-order valence-electron chi connectivity index (χ3n) is 6.15. The third-order valence-corrected chi connectivity index (χ3v) is 8.02. The highest BCUT2D eigenvalue weighted by Gasteiger charge is 2.52. The molecule has 1 heterocycles. The molecule has 0 amide bonds. The fraction of sp³-hybridized carbons (Fsp3) is 0.269. The van der Waals surface area contributed by atoms with Crippen LogP contribution in [0.25, 0.3) is 11.1 Å². The number of alkyl halides is 5. The summed E-state index contributed by atoms with van der Waals surface area (Å²) in [5, 5.41) is 0. The van der Waals surface area contributed by atoms with Crippen molar-refractivity contribution < 1.29 is 39.6 Å². The van der Waals surface area contributed by atoms with Crippen molar-refractivity contribution in [2.45, 2.75) is 42.3 Å². The topological polar surface area (TPSA) is 54.5 Å². The number of rotatable bonds is 7. The normalized spacial score (nSPS) is 18.2. The van der Waals surface area contributed by atoms with E-state index in [0.717, 1.165) is 36.4 Å². The van der Waals surface area contributed by atoms with Gasteiger partial charge in [-0.1, -0.05) is 36.4 Å². The van der Waals surface area contributed by atoms with Crippen LogP contribution in [0, 0.1) is 5.82 Å². The first-order chi connectivity index (χ1) is 17.3. The first-order valence-electron chi connectivity index (χ1n) is 11.2. The molecule has 196 valence electrons. The number of nitrogens with zero attached hydrogens (tertiary/aromatic N) is 1. The minimum Gasteiger partial charge on any atom is -0.298 e. The first-order valence-corrected chi connectivity index (χ1v) is 12.6. The monoisotopic (exact) mass is 541 g/mol. The van der Waals surface area contributed by atoms with Crippen molar-refractivity contribution in [3.63, 3.8) is 0 Å². The molecule has 4 nitrogen and oxygen atoms in total. The van der Waals surface area contributed by atoms with E-state index in [4.69, 9.17) is 0 Å². The average molecular weight is 542 g/mol. The molecule has 1 aliphatic heterocycles. The molecule has 3 aromatic carbocycles. The summed E-state index contributed by atoms with van der Waals surface area (Å²) >= 11 is 0. The molecule has 0 aliphatic carbocycles. The molecule has 11 heteroatoms. The zero-order chi connectivity index (χ0) is 27.0. The fourth-order valence-corrected chi connectivity index (χ4v) is 5.89. The van der Waals surface area contributed by atoms with Crippen molar-refractivity contribution in [2.75, 3.05) is 6.54 Å². The van der Waals surface area contributed by atoms with Crippen LogP contribution < -0.4 is 0 Å². The van der Waals surface area contributed by atoms with E-state index in [-0.39, 0.29) is 12.8 Å². The molecular formula is C26H21F6NO3S. The van der Waals surface area contributed by atoms with Gasteiger partial charge >= 0.3 is 6.18 Å². The fourth-order valence-electron chi connectivity index (χ4n) is 4.25. The van der Waals surface area contributed by atoms with Gasteiger partial charge in [-0.05, 0) is 59.5 Å². The molecule has 4 rings (SSSR count). The summed E-state index contributed by atoms with van der Waals surface area (Å²) in [6, 6.07) is 13.4. The molecule has 37 heavy (non-hydrogen) atoms. The number of sulfonamides is 1. The van der Waals surface area contributed by atoms with Crippen LogP contribution >= 0.6 is 0 Å². The van der Waals surface area contributed by atoms with Gasteiger partial charge in [-0.25, -0.2) is 21.6 Å². The largest absolute Gasteiger partial charge is 0.416 e. The second kappa shape index (κ2) is 9.94. The van der Waals surface area contributed by atoms with Crippen LogP contribution in [0.4, 0.5) is 26.3 Å². The molecule has 0 bridgehead atoms. The van der Waals surface area contributed by atoms with Crippen LogP contribution in [0.3, 0.4) is 0 Å². The van der Waals surface area contributed by atoms with Gasteiger partial charge in [-0.2, -0.15) is 17.5 Å². The number of halogens is 6. The lowest BCUT2D eigenvalue weighted by molar-refractivity contribution is -0.137. The van der Waals surface area contributed by atoms with Crippen molar-refractivity contribution >= 4 is 15.8 Å². The molecule has 0 unspecified atom stereocenters. The molecule has 0 spiro atoms. The van der Waals surface area contributed by atoms with Gasteiger partial charge in [0.05, 0.1) is 23.0 Å². The molecule has 1 saturated heterocycles. The van der Waals surface area contributed by atoms with Gasteiger partial charge < -0.3 is 0 Å². The Labute approximate surface area is 209 Å². The molecule has 3 aromatic rings. The molecular weight excluding hydrogens is 520 g/mol. The summed E-state index contributed by atoms with van der Waals surface area (Å²) in [5.41, 5.74) is 0.967. The smallest absolute Gasteiger partial charge is 0.298 e. The summed E-state index contributed by atoms with van der Waals surface area (Å²) in [5.74, 6) is -4.80. The van der Waals surface area contributed by atoms with E-state index >= 15 is 0 Å². The molecule has 0 saturated carbocycles. The first kappa shape index (κ1) is 26.9. The van der Waals surface area contributed by atoms with Crippen molar-refractivity contribution in [1.82, 2.24) is 4.31 Å². The van der Waals surface area contributed by atoms with Gasteiger partial charge in [0.1, 0.15) is 5.82 Å². The SMILES string of the molecule is O=C(CCc1cccc(-c2ccc(C(F)(F)F)cc2)c1)[C@@H]1CC(F)(F)CN1S(=O)(=O)c1ccc(F)cc1. The van der Waals surface area contributed by atoms with E-state index in [0.29, 0.717) is 21.0 Å². The Bertz CT molecular complexity index is 1390. The number of ketones is 1. The minimum absolute atomic E-state index is 0.111. The highest BCUT2D eigenvalue weighted by molar-refractivity contribution is 7.89. The zero-order valence-corrected chi connectivity index (χ0v) is 20.0. The number of aryl methyl sites for hydroxylation is 1. The van der Waals surface area contributed by atoms with Crippen LogP contribution in [0.5, 0.6) is 0 Å². The zero-order valence-electron chi connectivity index (χ0n) is 19.2. The second-order valence-electron chi connectivity index (χ2n) is 8.82. The highest BCUT2D eigenvalue weighted by Crippen LogP contribution is 2.37. The van der Waals surface area contributed by atoms with Crippen LogP contribution in [0.1, 0.15) is 24.0 Å². The summed E-state index contributed by atoms with van der Waals surface area (Å²) < 4.78 is 107. The number of benzene rings is 3. The summed E-state index contributed by atoms with van der Waals surface area (Å²) in [6.45, 7) is -1.16. The molecule has 0 radical (unpaired) electrons. The maximum Gasteiger partial charge on any atom is 0.416 e. The lowest BCUT2D eigenvalue weighted by Crippen LogP contribution is -2.40. The van der Waals surface area contributed by atoms with Crippen LogP contribution in [0.15, 0.2) is 77.7 Å². The van der Waals surface area contributed by atoms with Gasteiger partial charge in [0.15, 0.2) is 5.78 Å². The van der Waals surface area contributed by atoms with Crippen LogP contribution in [0.2, 0.25) is 0 Å². The van der Waals surface area contributed by atoms with E-state index in [9.17, 15) is 39.6 Å². The third kappa shape index (κ3) is 6.04. The van der Waals surface area contributed by atoms with Gasteiger partial charge in [0.25, 0.3) is 5.92 Å². The Morgan fingerprint density at radius 3 is 2.22 bits per heavy atom. The molecule has 0 aromatic heterocycles. The Morgan fingerprint density at radius 1 is 0.946 bits per heavy atom. The quantitative estimate of drug-likeness (QED) is 0.339. The Hall–Kier alpha value is -3.18. The van der Waals surface area contributed by atoms with Gasteiger partial charge in [0, 0.05) is 12.8 Å². The predicted molar refractivity (Wildman–Crippen MR) is 124 cm³/mol. The Morgan fingerprint density at radius 2 is 1.59 bits per heavy atom. The van der Waals surface area contributed by atoms with Crippen LogP contribution in [-0.4, -0.2) is 37.0 Å². The van der Waals surface area contributed by atoms with E-state index in [1.807, 2.05) is 0 Å². The lowest BCUT2D eigenvalue weighted by Gasteiger charge is -2.22. The average Bonchev–Trinajstić information content (AvgIpc) is 3.19. The highest BCUT2D eigenvalue weighted by atomic mass is 32.2. The standard InChI is InChI=1S/C26H21F6NO3S/c27-21-9-11-22(12-10-21)37(35,36)33-16-25(28,29)15-23(33)24(34)13-4-17-2-1-3-19(14-17)18-5-7-20(8-6-18)26(30,31)32/h1-3,5-12,14,23H,4,13,15-16H2/t23-/m0/s1. The molecule has 1 fully saturated rings. The maximum atomic E-state index is 14.2. The van der Waals surface area contributed by atoms with Gasteiger partial charge in [0.2, 0.25) is 10.0 Å². The van der Waals surface area contributed by atoms with E-state index in [2.05, 4.69) is 0 Å². The Kier molecular flexibility index (Phi) is 7.22. The maximum absolute atomic E-state index is 14.2. The molecule has 0 N–H and O–H groups in total. The van der Waals surface area contributed by atoms with Crippen molar-refractivity contribution in [1.29, 1.82) is 0 Å². The summed E-state index contributed by atoms with van der Waals surface area (Å²) in [4.78, 5) is 12.5. The van der Waals surface area contributed by atoms with Crippen molar-refractivity contribution in [3.8, 4) is 11.1 Å². The molecule has 1 atom stereocenters. The summed E-state index contributed by atoms with van der Waals surface area (Å²) in [7, 11) is -4.47. The van der Waals surface area contributed by atoms with E-state index < -0.39 is 63.2 Å². The van der Waals surface area contributed by atoms with Crippen LogP contribution in [-0.2, 0) is 27.4 Å². The summed E-state index contributed by atoms with van der Waals surface area (Å²) in [6.07, 6.45) is -5.54. The minimum atomic E-state index is -4.47. The predicted octanol–water partition coefficient (Wildman–Crippen LogP) is 6.11. The van der Waals surface area contributed by atoms with E-state index in [1.165, 1.54) is 12.1 Å². The molecule has 1 aliphatic rings. The van der Waals surface area contributed by atoms with Crippen molar-refractivity contribution in [3.05, 3.63) is 89.7 Å². The number of hydrogen-bond donors (Lipinski definition) is 0. The number of hydrogen-bond acceptors (Lipinski definition) is 3. The van der Waals surface area contributed by atoms with Gasteiger partial charge in [-0.3, -0.25) is 4.79 Å². The lowest BCUT2D eigenvalue weighted by atomic mass is 9.98.